The zero-order valence-electron chi connectivity index (χ0n) is 8.47. The minimum absolute atomic E-state index is 0.410. The summed E-state index contributed by atoms with van der Waals surface area (Å²) in [5, 5.41) is 0. The van der Waals surface area contributed by atoms with E-state index in [1.165, 1.54) is 0 Å². The van der Waals surface area contributed by atoms with Crippen LogP contribution in [0.15, 0.2) is 0 Å². The maximum Gasteiger partial charge on any atom is 0.312 e. The first kappa shape index (κ1) is 11.5. The molecule has 0 aliphatic rings. The molecule has 0 aliphatic carbocycles. The van der Waals surface area contributed by atoms with Gasteiger partial charge in [-0.05, 0) is 19.3 Å². The van der Waals surface area contributed by atoms with Crippen molar-refractivity contribution in [2.75, 3.05) is 6.54 Å². The molecule has 2 nitrogen and oxygen atoms in total. The Hall–Kier alpha value is -0.530. The number of amides is 1. The minimum Gasteiger partial charge on any atom is -0.331 e. The van der Waals surface area contributed by atoms with Gasteiger partial charge >= 0.3 is 6.41 Å². The lowest BCUT2D eigenvalue weighted by Gasteiger charge is -2.25. The Kier molecular flexibility index (Phi) is 6.82. The van der Waals surface area contributed by atoms with E-state index in [1.807, 2.05) is 11.3 Å². The van der Waals surface area contributed by atoms with Crippen molar-refractivity contribution in [3.05, 3.63) is 0 Å². The Labute approximate surface area is 75.9 Å². The van der Waals surface area contributed by atoms with Crippen LogP contribution in [-0.2, 0) is 4.79 Å². The predicted molar refractivity (Wildman–Crippen MR) is 51.7 cm³/mol. The van der Waals surface area contributed by atoms with E-state index in [9.17, 15) is 4.79 Å². The molecule has 1 atom stereocenters. The zero-order valence-corrected chi connectivity index (χ0v) is 8.47. The molecule has 0 saturated carbocycles. The summed E-state index contributed by atoms with van der Waals surface area (Å²) in [4.78, 5) is 12.4. The van der Waals surface area contributed by atoms with Crippen molar-refractivity contribution in [1.82, 2.24) is 4.90 Å². The Morgan fingerprint density at radius 1 is 1.25 bits per heavy atom. The summed E-state index contributed by atoms with van der Waals surface area (Å²) in [6, 6.07) is 0.410. The summed E-state index contributed by atoms with van der Waals surface area (Å²) in [6.07, 6.45) is 6.33. The second-order valence-corrected chi connectivity index (χ2v) is 3.14. The summed E-state index contributed by atoms with van der Waals surface area (Å²) in [5.41, 5.74) is 0. The highest BCUT2D eigenvalue weighted by atomic mass is 16.1. The monoisotopic (exact) mass is 170 g/mol. The van der Waals surface area contributed by atoms with Crippen LogP contribution >= 0.6 is 0 Å². The van der Waals surface area contributed by atoms with E-state index in [-0.39, 0.29) is 0 Å². The molecule has 1 radical (unpaired) electrons. The van der Waals surface area contributed by atoms with Crippen molar-refractivity contribution in [1.29, 1.82) is 0 Å². The van der Waals surface area contributed by atoms with Gasteiger partial charge in [0.15, 0.2) is 0 Å². The quantitative estimate of drug-likeness (QED) is 0.537. The van der Waals surface area contributed by atoms with Crippen LogP contribution < -0.4 is 0 Å². The van der Waals surface area contributed by atoms with Gasteiger partial charge in [-0.3, -0.25) is 4.79 Å². The van der Waals surface area contributed by atoms with Crippen LogP contribution in [0.4, 0.5) is 0 Å². The van der Waals surface area contributed by atoms with Gasteiger partial charge in [0.2, 0.25) is 0 Å². The lowest BCUT2D eigenvalue weighted by Crippen LogP contribution is -2.34. The van der Waals surface area contributed by atoms with E-state index in [1.54, 1.807) is 0 Å². The van der Waals surface area contributed by atoms with E-state index >= 15 is 0 Å². The van der Waals surface area contributed by atoms with E-state index in [2.05, 4.69) is 20.8 Å². The molecule has 0 spiro atoms. The van der Waals surface area contributed by atoms with Crippen LogP contribution in [0.1, 0.15) is 46.5 Å². The van der Waals surface area contributed by atoms with Crippen molar-refractivity contribution in [2.24, 2.45) is 0 Å². The summed E-state index contributed by atoms with van der Waals surface area (Å²) in [5.74, 6) is 0. The molecule has 0 aromatic heterocycles. The summed E-state index contributed by atoms with van der Waals surface area (Å²) in [6.45, 7) is 7.21. The van der Waals surface area contributed by atoms with Crippen LogP contribution in [0.25, 0.3) is 0 Å². The topological polar surface area (TPSA) is 20.3 Å². The second kappa shape index (κ2) is 7.14. The molecular formula is C10H20NO. The fraction of sp³-hybridized carbons (Fsp3) is 0.900. The van der Waals surface area contributed by atoms with E-state index in [0.717, 1.165) is 32.2 Å². The van der Waals surface area contributed by atoms with Crippen molar-refractivity contribution < 1.29 is 4.79 Å². The molecule has 12 heavy (non-hydrogen) atoms. The molecule has 0 aliphatic heterocycles. The van der Waals surface area contributed by atoms with Gasteiger partial charge in [-0.25, -0.2) is 0 Å². The zero-order chi connectivity index (χ0) is 9.40. The van der Waals surface area contributed by atoms with Crippen molar-refractivity contribution >= 4 is 6.41 Å². The largest absolute Gasteiger partial charge is 0.331 e. The van der Waals surface area contributed by atoms with Gasteiger partial charge in [0.25, 0.3) is 0 Å². The molecule has 71 valence electrons. The molecule has 1 unspecified atom stereocenters. The number of rotatable bonds is 7. The van der Waals surface area contributed by atoms with Gasteiger partial charge < -0.3 is 4.90 Å². The van der Waals surface area contributed by atoms with Gasteiger partial charge in [-0.2, -0.15) is 0 Å². The SMILES string of the molecule is CCCC(CC)N([C]=O)CCC. The summed E-state index contributed by atoms with van der Waals surface area (Å²) >= 11 is 0. The molecule has 0 N–H and O–H groups in total. The number of hydrogen-bond donors (Lipinski definition) is 0. The van der Waals surface area contributed by atoms with Crippen LogP contribution in [0, 0.1) is 0 Å². The van der Waals surface area contributed by atoms with E-state index < -0.39 is 0 Å². The number of carbonyl (C=O) groups excluding carboxylic acids is 1. The average Bonchev–Trinajstić information content (AvgIpc) is 2.11. The lowest BCUT2D eigenvalue weighted by molar-refractivity contribution is 0.271. The van der Waals surface area contributed by atoms with Crippen LogP contribution in [0.5, 0.6) is 0 Å². The smallest absolute Gasteiger partial charge is 0.312 e. The van der Waals surface area contributed by atoms with Crippen molar-refractivity contribution in [3.8, 4) is 0 Å². The van der Waals surface area contributed by atoms with Crippen LogP contribution in [0.2, 0.25) is 0 Å². The molecule has 0 aromatic carbocycles. The molecule has 0 fully saturated rings. The predicted octanol–water partition coefficient (Wildman–Crippen LogP) is 2.34. The molecule has 0 aromatic rings. The third-order valence-electron chi connectivity index (χ3n) is 2.12. The molecule has 0 rings (SSSR count). The third-order valence-corrected chi connectivity index (χ3v) is 2.12. The Morgan fingerprint density at radius 3 is 2.25 bits per heavy atom. The molecule has 2 heteroatoms. The molecule has 1 amide bonds. The molecule has 0 bridgehead atoms. The normalized spacial score (nSPS) is 12.6. The molecular weight excluding hydrogens is 150 g/mol. The van der Waals surface area contributed by atoms with Crippen molar-refractivity contribution in [3.63, 3.8) is 0 Å². The van der Waals surface area contributed by atoms with Crippen LogP contribution in [0.3, 0.4) is 0 Å². The highest BCUT2D eigenvalue weighted by molar-refractivity contribution is 5.48. The Morgan fingerprint density at radius 2 is 1.92 bits per heavy atom. The Bertz CT molecular complexity index is 114. The van der Waals surface area contributed by atoms with Gasteiger partial charge in [-0.1, -0.05) is 27.2 Å². The standard InChI is InChI=1S/C10H20NO/c1-4-7-10(6-3)11(9-12)8-5-2/h10H,4-8H2,1-3H3. The first-order valence-corrected chi connectivity index (χ1v) is 4.94. The second-order valence-electron chi connectivity index (χ2n) is 3.14. The van der Waals surface area contributed by atoms with E-state index in [0.29, 0.717) is 6.04 Å². The summed E-state index contributed by atoms with van der Waals surface area (Å²) < 4.78 is 0. The number of nitrogens with zero attached hydrogens (tertiary/aromatic N) is 1. The van der Waals surface area contributed by atoms with Crippen molar-refractivity contribution in [2.45, 2.75) is 52.5 Å². The minimum atomic E-state index is 0.410. The maximum absolute atomic E-state index is 10.6. The van der Waals surface area contributed by atoms with Gasteiger partial charge in [-0.15, -0.1) is 0 Å². The number of hydrogen-bond acceptors (Lipinski definition) is 1. The third kappa shape index (κ3) is 3.74. The van der Waals surface area contributed by atoms with E-state index in [4.69, 9.17) is 0 Å². The first-order chi connectivity index (χ1) is 5.79. The molecule has 0 saturated heterocycles. The van der Waals surface area contributed by atoms with Gasteiger partial charge in [0, 0.05) is 12.6 Å². The average molecular weight is 170 g/mol. The highest BCUT2D eigenvalue weighted by Crippen LogP contribution is 2.09. The fourth-order valence-electron chi connectivity index (χ4n) is 1.46. The maximum atomic E-state index is 10.6. The Balaban J connectivity index is 3.92. The van der Waals surface area contributed by atoms with Crippen LogP contribution in [-0.4, -0.2) is 23.9 Å². The fourth-order valence-corrected chi connectivity index (χ4v) is 1.46. The lowest BCUT2D eigenvalue weighted by atomic mass is 10.1. The highest BCUT2D eigenvalue weighted by Gasteiger charge is 2.13. The molecule has 0 heterocycles. The van der Waals surface area contributed by atoms with Gasteiger partial charge in [0.05, 0.1) is 0 Å². The first-order valence-electron chi connectivity index (χ1n) is 4.94. The summed E-state index contributed by atoms with van der Waals surface area (Å²) in [7, 11) is 0. The van der Waals surface area contributed by atoms with Gasteiger partial charge in [0.1, 0.15) is 0 Å².